The Morgan fingerprint density at radius 2 is 1.88 bits per heavy atom. The van der Waals surface area contributed by atoms with Crippen LogP contribution in [0.3, 0.4) is 0 Å². The number of hydrogen-bond donors (Lipinski definition) is 2. The number of hydrogen-bond acceptors (Lipinski definition) is 3. The van der Waals surface area contributed by atoms with Crippen LogP contribution in [0.5, 0.6) is 0 Å². The largest absolute Gasteiger partial charge is 0.326 e. The molecule has 0 spiro atoms. The zero-order valence-electron chi connectivity index (χ0n) is 9.56. The zero-order chi connectivity index (χ0) is 11.6. The van der Waals surface area contributed by atoms with Crippen molar-refractivity contribution >= 4 is 10.2 Å². The first kappa shape index (κ1) is 12.3. The lowest BCUT2D eigenvalue weighted by atomic mass is 10.2. The SMILES string of the molecule is NC(CNS(=O)(=O)N1CCCCC1)C1CC1. The maximum atomic E-state index is 11.9. The van der Waals surface area contributed by atoms with Gasteiger partial charge in [-0.1, -0.05) is 6.42 Å². The fraction of sp³-hybridized carbons (Fsp3) is 1.00. The Kier molecular flexibility index (Phi) is 3.84. The van der Waals surface area contributed by atoms with Crippen LogP contribution in [0.15, 0.2) is 0 Å². The van der Waals surface area contributed by atoms with Crippen molar-refractivity contribution in [1.82, 2.24) is 9.03 Å². The van der Waals surface area contributed by atoms with Crippen LogP contribution in [0.25, 0.3) is 0 Å². The first-order valence-corrected chi connectivity index (χ1v) is 7.54. The summed E-state index contributed by atoms with van der Waals surface area (Å²) in [4.78, 5) is 0. The van der Waals surface area contributed by atoms with Crippen molar-refractivity contribution in [2.75, 3.05) is 19.6 Å². The standard InChI is InChI=1S/C10H21N3O2S/c11-10(9-4-5-9)8-12-16(14,15)13-6-2-1-3-7-13/h9-10,12H,1-8,11H2. The third-order valence-electron chi connectivity index (χ3n) is 3.38. The molecule has 94 valence electrons. The summed E-state index contributed by atoms with van der Waals surface area (Å²) in [5.74, 6) is 0.532. The van der Waals surface area contributed by atoms with E-state index in [2.05, 4.69) is 4.72 Å². The smallest absolute Gasteiger partial charge is 0.279 e. The van der Waals surface area contributed by atoms with E-state index < -0.39 is 10.2 Å². The number of nitrogens with two attached hydrogens (primary N) is 1. The van der Waals surface area contributed by atoms with E-state index in [9.17, 15) is 8.42 Å². The highest BCUT2D eigenvalue weighted by Gasteiger charge is 2.30. The highest BCUT2D eigenvalue weighted by molar-refractivity contribution is 7.87. The normalized spacial score (nSPS) is 25.6. The lowest BCUT2D eigenvalue weighted by Crippen LogP contribution is -2.47. The van der Waals surface area contributed by atoms with Gasteiger partial charge in [-0.2, -0.15) is 12.7 Å². The Labute approximate surface area is 97.6 Å². The number of rotatable bonds is 5. The Morgan fingerprint density at radius 1 is 1.25 bits per heavy atom. The summed E-state index contributed by atoms with van der Waals surface area (Å²) in [7, 11) is -3.28. The molecule has 1 heterocycles. The zero-order valence-corrected chi connectivity index (χ0v) is 10.4. The monoisotopic (exact) mass is 247 g/mol. The molecule has 6 heteroatoms. The van der Waals surface area contributed by atoms with E-state index in [1.54, 1.807) is 0 Å². The third kappa shape index (κ3) is 3.16. The minimum atomic E-state index is -3.28. The number of nitrogens with one attached hydrogen (secondary N) is 1. The first-order chi connectivity index (χ1) is 7.59. The van der Waals surface area contributed by atoms with Crippen molar-refractivity contribution in [3.8, 4) is 0 Å². The van der Waals surface area contributed by atoms with Gasteiger partial charge in [0.25, 0.3) is 10.2 Å². The molecule has 2 aliphatic rings. The summed E-state index contributed by atoms with van der Waals surface area (Å²) < 4.78 is 27.9. The molecule has 5 nitrogen and oxygen atoms in total. The predicted molar refractivity (Wildman–Crippen MR) is 63.0 cm³/mol. The molecule has 1 saturated carbocycles. The van der Waals surface area contributed by atoms with Crippen LogP contribution in [-0.2, 0) is 10.2 Å². The Balaban J connectivity index is 1.81. The molecule has 0 aromatic heterocycles. The summed E-state index contributed by atoms with van der Waals surface area (Å²) in [5.41, 5.74) is 5.87. The third-order valence-corrected chi connectivity index (χ3v) is 4.96. The summed E-state index contributed by atoms with van der Waals surface area (Å²) in [5, 5.41) is 0. The van der Waals surface area contributed by atoms with E-state index in [0.29, 0.717) is 25.6 Å². The molecule has 1 atom stereocenters. The van der Waals surface area contributed by atoms with E-state index in [0.717, 1.165) is 32.1 Å². The van der Waals surface area contributed by atoms with Crippen LogP contribution >= 0.6 is 0 Å². The quantitative estimate of drug-likeness (QED) is 0.720. The van der Waals surface area contributed by atoms with Crippen molar-refractivity contribution in [2.45, 2.75) is 38.1 Å². The molecule has 2 rings (SSSR count). The van der Waals surface area contributed by atoms with E-state index in [4.69, 9.17) is 5.73 Å². The van der Waals surface area contributed by atoms with Crippen LogP contribution in [0.4, 0.5) is 0 Å². The second-order valence-corrected chi connectivity index (χ2v) is 6.57. The van der Waals surface area contributed by atoms with Crippen LogP contribution in [0, 0.1) is 5.92 Å². The molecule has 3 N–H and O–H groups in total. The van der Waals surface area contributed by atoms with Crippen LogP contribution in [0.2, 0.25) is 0 Å². The molecule has 1 unspecified atom stereocenters. The van der Waals surface area contributed by atoms with Gasteiger partial charge >= 0.3 is 0 Å². The van der Waals surface area contributed by atoms with E-state index in [1.165, 1.54) is 4.31 Å². The van der Waals surface area contributed by atoms with Crippen molar-refractivity contribution in [3.05, 3.63) is 0 Å². The predicted octanol–water partition coefficient (Wildman–Crippen LogP) is 0.0440. The summed E-state index contributed by atoms with van der Waals surface area (Å²) >= 11 is 0. The molecule has 16 heavy (non-hydrogen) atoms. The van der Waals surface area contributed by atoms with E-state index >= 15 is 0 Å². The van der Waals surface area contributed by atoms with Gasteiger partial charge in [0.15, 0.2) is 0 Å². The minimum absolute atomic E-state index is 0.0143. The van der Waals surface area contributed by atoms with Gasteiger partial charge in [0.05, 0.1) is 0 Å². The van der Waals surface area contributed by atoms with Gasteiger partial charge in [-0.3, -0.25) is 0 Å². The van der Waals surface area contributed by atoms with E-state index in [-0.39, 0.29) is 6.04 Å². The number of nitrogens with zero attached hydrogens (tertiary/aromatic N) is 1. The first-order valence-electron chi connectivity index (χ1n) is 6.10. The summed E-state index contributed by atoms with van der Waals surface area (Å²) in [6.45, 7) is 1.67. The Morgan fingerprint density at radius 3 is 2.44 bits per heavy atom. The molecule has 1 aliphatic heterocycles. The van der Waals surface area contributed by atoms with Crippen molar-refractivity contribution in [3.63, 3.8) is 0 Å². The van der Waals surface area contributed by atoms with E-state index in [1.807, 2.05) is 0 Å². The maximum Gasteiger partial charge on any atom is 0.279 e. The van der Waals surface area contributed by atoms with Crippen molar-refractivity contribution < 1.29 is 8.42 Å². The molecule has 0 aromatic rings. The second kappa shape index (κ2) is 5.00. The second-order valence-electron chi connectivity index (χ2n) is 4.81. The summed E-state index contributed by atoms with van der Waals surface area (Å²) in [6.07, 6.45) is 5.36. The Bertz CT molecular complexity index is 321. The molecule has 1 saturated heterocycles. The molecular weight excluding hydrogens is 226 g/mol. The Hall–Kier alpha value is -0.170. The lowest BCUT2D eigenvalue weighted by Gasteiger charge is -2.26. The topological polar surface area (TPSA) is 75.4 Å². The molecular formula is C10H21N3O2S. The van der Waals surface area contributed by atoms with Crippen molar-refractivity contribution in [1.29, 1.82) is 0 Å². The average molecular weight is 247 g/mol. The van der Waals surface area contributed by atoms with Gasteiger partial charge in [0, 0.05) is 25.7 Å². The van der Waals surface area contributed by atoms with Gasteiger partial charge in [-0.05, 0) is 31.6 Å². The lowest BCUT2D eigenvalue weighted by molar-refractivity contribution is 0.340. The molecule has 1 aliphatic carbocycles. The highest BCUT2D eigenvalue weighted by Crippen LogP contribution is 2.31. The summed E-state index contributed by atoms with van der Waals surface area (Å²) in [6, 6.07) is -0.0143. The minimum Gasteiger partial charge on any atom is -0.326 e. The molecule has 0 amide bonds. The fourth-order valence-electron chi connectivity index (χ4n) is 2.09. The maximum absolute atomic E-state index is 11.9. The number of piperidine rings is 1. The van der Waals surface area contributed by atoms with Gasteiger partial charge in [-0.15, -0.1) is 0 Å². The van der Waals surface area contributed by atoms with Gasteiger partial charge in [0.2, 0.25) is 0 Å². The van der Waals surface area contributed by atoms with Crippen molar-refractivity contribution in [2.24, 2.45) is 11.7 Å². The molecule has 2 fully saturated rings. The van der Waals surface area contributed by atoms with Gasteiger partial charge in [-0.25, -0.2) is 4.72 Å². The van der Waals surface area contributed by atoms with Crippen LogP contribution in [0.1, 0.15) is 32.1 Å². The van der Waals surface area contributed by atoms with Gasteiger partial charge in [0.1, 0.15) is 0 Å². The molecule has 0 aromatic carbocycles. The molecule has 0 radical (unpaired) electrons. The average Bonchev–Trinajstić information content (AvgIpc) is 3.11. The fourth-order valence-corrected chi connectivity index (χ4v) is 3.41. The van der Waals surface area contributed by atoms with Crippen LogP contribution < -0.4 is 10.5 Å². The molecule has 0 bridgehead atoms. The van der Waals surface area contributed by atoms with Crippen LogP contribution in [-0.4, -0.2) is 38.4 Å². The highest BCUT2D eigenvalue weighted by atomic mass is 32.2. The van der Waals surface area contributed by atoms with Gasteiger partial charge < -0.3 is 5.73 Å².